The fourth-order valence-electron chi connectivity index (χ4n) is 2.96. The van der Waals surface area contributed by atoms with E-state index < -0.39 is 18.5 Å². The van der Waals surface area contributed by atoms with Gasteiger partial charge in [0.1, 0.15) is 6.54 Å². The van der Waals surface area contributed by atoms with Crippen molar-refractivity contribution in [3.63, 3.8) is 0 Å². The van der Waals surface area contributed by atoms with Crippen LogP contribution >= 0.6 is 0 Å². The number of ether oxygens (including phenoxy) is 1. The van der Waals surface area contributed by atoms with Gasteiger partial charge in [-0.15, -0.1) is 0 Å². The van der Waals surface area contributed by atoms with E-state index in [1.165, 1.54) is 6.33 Å². The van der Waals surface area contributed by atoms with E-state index in [4.69, 9.17) is 4.74 Å². The molecule has 0 spiro atoms. The molecule has 0 aliphatic carbocycles. The van der Waals surface area contributed by atoms with Crippen molar-refractivity contribution in [1.29, 1.82) is 0 Å². The number of hydrogen-bond acceptors (Lipinski definition) is 6. The quantitative estimate of drug-likeness (QED) is 0.448. The molecule has 0 atom stereocenters. The average Bonchev–Trinajstić information content (AvgIpc) is 3.03. The molecule has 29 heavy (non-hydrogen) atoms. The second kappa shape index (κ2) is 9.13. The van der Waals surface area contributed by atoms with E-state index in [-0.39, 0.29) is 12.1 Å². The molecule has 0 saturated heterocycles. The zero-order chi connectivity index (χ0) is 20.8. The van der Waals surface area contributed by atoms with Crippen LogP contribution in [0.15, 0.2) is 41.5 Å². The Morgan fingerprint density at radius 3 is 2.76 bits per heavy atom. The Balaban J connectivity index is 1.41. The highest BCUT2D eigenvalue weighted by Crippen LogP contribution is 2.04. The van der Waals surface area contributed by atoms with Crippen LogP contribution in [-0.4, -0.2) is 44.4 Å². The number of carbonyl (C=O) groups excluding carboxylic acids is 2. The van der Waals surface area contributed by atoms with Crippen molar-refractivity contribution in [2.75, 3.05) is 13.2 Å². The number of amides is 1. The third-order valence-electron chi connectivity index (χ3n) is 4.37. The van der Waals surface area contributed by atoms with Crippen LogP contribution in [0.3, 0.4) is 0 Å². The molecule has 3 rings (SSSR count). The second-order valence-electron chi connectivity index (χ2n) is 6.71. The Morgan fingerprint density at radius 1 is 1.21 bits per heavy atom. The molecule has 9 heteroatoms. The van der Waals surface area contributed by atoms with Gasteiger partial charge < -0.3 is 10.1 Å². The van der Waals surface area contributed by atoms with Crippen LogP contribution in [0, 0.1) is 13.8 Å². The maximum absolute atomic E-state index is 12.3. The first kappa shape index (κ1) is 20.2. The molecule has 0 fully saturated rings. The predicted molar refractivity (Wildman–Crippen MR) is 106 cm³/mol. The predicted octanol–water partition coefficient (Wildman–Crippen LogP) is 0.960. The number of hydrogen-bond donors (Lipinski definition) is 1. The average molecular weight is 397 g/mol. The van der Waals surface area contributed by atoms with Crippen LogP contribution in [-0.2, 0) is 27.4 Å². The van der Waals surface area contributed by atoms with Crippen LogP contribution in [0.1, 0.15) is 17.8 Å². The minimum absolute atomic E-state index is 0.304. The summed E-state index contributed by atoms with van der Waals surface area (Å²) in [6.07, 6.45) is 2.00. The molecular weight excluding hydrogens is 374 g/mol. The van der Waals surface area contributed by atoms with E-state index in [0.29, 0.717) is 30.4 Å². The number of nitrogens with zero attached hydrogens (tertiary/aromatic N) is 4. The Kier molecular flexibility index (Phi) is 6.38. The summed E-state index contributed by atoms with van der Waals surface area (Å²) in [5, 5.41) is 7.47. The lowest BCUT2D eigenvalue weighted by molar-refractivity contribution is -0.149. The first-order valence-corrected chi connectivity index (χ1v) is 9.31. The summed E-state index contributed by atoms with van der Waals surface area (Å²) in [7, 11) is 0. The Hall–Kier alpha value is -3.49. The van der Waals surface area contributed by atoms with Crippen molar-refractivity contribution in [3.05, 3.63) is 58.4 Å². The van der Waals surface area contributed by atoms with E-state index in [9.17, 15) is 14.4 Å². The topological polar surface area (TPSA) is 108 Å². The summed E-state index contributed by atoms with van der Waals surface area (Å²) in [5.41, 5.74) is 2.25. The lowest BCUT2D eigenvalue weighted by atomic mass is 10.2. The molecule has 0 unspecified atom stereocenters. The lowest BCUT2D eigenvalue weighted by Crippen LogP contribution is -2.32. The van der Waals surface area contributed by atoms with Crippen molar-refractivity contribution in [2.45, 2.75) is 33.4 Å². The van der Waals surface area contributed by atoms with Crippen molar-refractivity contribution in [3.8, 4) is 0 Å². The van der Waals surface area contributed by atoms with Crippen LogP contribution in [0.25, 0.3) is 10.9 Å². The van der Waals surface area contributed by atoms with Gasteiger partial charge in [0, 0.05) is 18.8 Å². The highest BCUT2D eigenvalue weighted by molar-refractivity contribution is 5.81. The number of carbonyl (C=O) groups is 2. The van der Waals surface area contributed by atoms with Gasteiger partial charge in [-0.3, -0.25) is 23.6 Å². The number of aromatic nitrogens is 4. The van der Waals surface area contributed by atoms with E-state index in [0.717, 1.165) is 16.0 Å². The van der Waals surface area contributed by atoms with Gasteiger partial charge in [0.2, 0.25) is 0 Å². The van der Waals surface area contributed by atoms with Crippen molar-refractivity contribution in [1.82, 2.24) is 24.6 Å². The maximum atomic E-state index is 12.3. The van der Waals surface area contributed by atoms with Gasteiger partial charge in [0.05, 0.1) is 22.9 Å². The zero-order valence-corrected chi connectivity index (χ0v) is 16.4. The highest BCUT2D eigenvalue weighted by atomic mass is 16.5. The highest BCUT2D eigenvalue weighted by Gasteiger charge is 2.11. The molecule has 1 aromatic carbocycles. The van der Waals surface area contributed by atoms with Gasteiger partial charge in [-0.1, -0.05) is 12.1 Å². The van der Waals surface area contributed by atoms with Gasteiger partial charge in [-0.05, 0) is 38.5 Å². The lowest BCUT2D eigenvalue weighted by Gasteiger charge is -2.09. The molecule has 0 aliphatic rings. The Bertz CT molecular complexity index is 1090. The molecular formula is C20H23N5O4. The molecule has 0 bridgehead atoms. The first-order valence-electron chi connectivity index (χ1n) is 9.31. The van der Waals surface area contributed by atoms with Crippen LogP contribution in [0.5, 0.6) is 0 Å². The normalized spacial score (nSPS) is 10.8. The van der Waals surface area contributed by atoms with E-state index >= 15 is 0 Å². The molecule has 152 valence electrons. The summed E-state index contributed by atoms with van der Waals surface area (Å²) >= 11 is 0. The third-order valence-corrected chi connectivity index (χ3v) is 4.37. The molecule has 0 saturated carbocycles. The summed E-state index contributed by atoms with van der Waals surface area (Å²) in [4.78, 5) is 40.3. The van der Waals surface area contributed by atoms with Gasteiger partial charge >= 0.3 is 5.97 Å². The third kappa shape index (κ3) is 5.28. The number of rotatable bonds is 8. The Morgan fingerprint density at radius 2 is 2.00 bits per heavy atom. The zero-order valence-electron chi connectivity index (χ0n) is 16.4. The van der Waals surface area contributed by atoms with Gasteiger partial charge in [-0.2, -0.15) is 5.10 Å². The van der Waals surface area contributed by atoms with Crippen LogP contribution in [0.2, 0.25) is 0 Å². The maximum Gasteiger partial charge on any atom is 0.326 e. The molecule has 2 aromatic heterocycles. The Labute approximate surface area is 167 Å². The van der Waals surface area contributed by atoms with Gasteiger partial charge in [0.25, 0.3) is 11.5 Å². The molecule has 2 heterocycles. The number of aryl methyl sites for hydroxylation is 3. The van der Waals surface area contributed by atoms with Crippen LogP contribution < -0.4 is 10.9 Å². The fourth-order valence-corrected chi connectivity index (χ4v) is 2.96. The number of fused-ring (bicyclic) bond motifs is 1. The molecule has 3 aromatic rings. The van der Waals surface area contributed by atoms with Crippen molar-refractivity contribution >= 4 is 22.8 Å². The number of nitrogens with one attached hydrogen (secondary N) is 1. The van der Waals surface area contributed by atoms with Gasteiger partial charge in [-0.25, -0.2) is 4.98 Å². The van der Waals surface area contributed by atoms with Gasteiger partial charge in [0.15, 0.2) is 6.61 Å². The number of esters is 1. The smallest absolute Gasteiger partial charge is 0.326 e. The SMILES string of the molecule is Cc1cc(C)n(CCCNC(=O)COC(=O)Cn2cnc3ccccc3c2=O)n1. The molecule has 0 aliphatic heterocycles. The molecule has 9 nitrogen and oxygen atoms in total. The minimum atomic E-state index is -0.679. The number of benzene rings is 1. The van der Waals surface area contributed by atoms with E-state index in [1.54, 1.807) is 24.3 Å². The van der Waals surface area contributed by atoms with Crippen LogP contribution in [0.4, 0.5) is 0 Å². The second-order valence-corrected chi connectivity index (χ2v) is 6.71. The van der Waals surface area contributed by atoms with E-state index in [1.807, 2.05) is 24.6 Å². The van der Waals surface area contributed by atoms with Crippen molar-refractivity contribution in [2.24, 2.45) is 0 Å². The monoisotopic (exact) mass is 397 g/mol. The largest absolute Gasteiger partial charge is 0.454 e. The molecule has 1 amide bonds. The summed E-state index contributed by atoms with van der Waals surface area (Å²) in [6, 6.07) is 8.87. The summed E-state index contributed by atoms with van der Waals surface area (Å²) in [6.45, 7) is 4.35. The minimum Gasteiger partial charge on any atom is -0.454 e. The first-order chi connectivity index (χ1) is 13.9. The van der Waals surface area contributed by atoms with E-state index in [2.05, 4.69) is 15.4 Å². The molecule has 0 radical (unpaired) electrons. The molecule has 1 N–H and O–H groups in total. The summed E-state index contributed by atoms with van der Waals surface area (Å²) < 4.78 is 8.01. The number of para-hydroxylation sites is 1. The summed E-state index contributed by atoms with van der Waals surface area (Å²) in [5.74, 6) is -1.07. The fraction of sp³-hybridized carbons (Fsp3) is 0.350. The van der Waals surface area contributed by atoms with Crippen molar-refractivity contribution < 1.29 is 14.3 Å². The standard InChI is InChI=1S/C20H23N5O4/c1-14-10-15(2)25(23-14)9-5-8-21-18(26)12-29-19(27)11-24-13-22-17-7-4-3-6-16(17)20(24)28/h3-4,6-7,10,13H,5,8-9,11-12H2,1-2H3,(H,21,26).